The van der Waals surface area contributed by atoms with E-state index >= 15 is 0 Å². The predicted octanol–water partition coefficient (Wildman–Crippen LogP) is 1.76. The molecule has 3 atom stereocenters. The maximum atomic E-state index is 11.9. The second-order valence-corrected chi connectivity index (χ2v) is 6.63. The Morgan fingerprint density at radius 2 is 2.25 bits per heavy atom. The number of piperidine rings is 1. The van der Waals surface area contributed by atoms with Gasteiger partial charge in [0.15, 0.2) is 0 Å². The number of nitrogens with zero attached hydrogens (tertiary/aromatic N) is 1. The second kappa shape index (κ2) is 7.99. The van der Waals surface area contributed by atoms with Crippen molar-refractivity contribution in [2.45, 2.75) is 64.5 Å². The van der Waals surface area contributed by atoms with Crippen molar-refractivity contribution in [2.75, 3.05) is 26.2 Å². The quantitative estimate of drug-likeness (QED) is 0.780. The SMILES string of the molecule is CC1CCCCN1C(C)CNC(=O)CCC1CCNC1. The summed E-state index contributed by atoms with van der Waals surface area (Å²) < 4.78 is 0. The van der Waals surface area contributed by atoms with Crippen LogP contribution in [-0.4, -0.2) is 49.1 Å². The molecule has 0 aliphatic carbocycles. The Labute approximate surface area is 123 Å². The number of carbonyl (C=O) groups is 1. The third-order valence-electron chi connectivity index (χ3n) is 4.96. The Balaban J connectivity index is 1.61. The number of likely N-dealkylation sites (tertiary alicyclic amines) is 1. The van der Waals surface area contributed by atoms with Crippen LogP contribution in [0.1, 0.15) is 52.4 Å². The number of nitrogens with one attached hydrogen (secondary N) is 2. The van der Waals surface area contributed by atoms with Gasteiger partial charge in [0.25, 0.3) is 0 Å². The molecule has 2 heterocycles. The molecule has 0 aromatic carbocycles. The van der Waals surface area contributed by atoms with Gasteiger partial charge in [-0.1, -0.05) is 6.42 Å². The average molecular weight is 281 g/mol. The lowest BCUT2D eigenvalue weighted by Crippen LogP contribution is -2.48. The van der Waals surface area contributed by atoms with Crippen LogP contribution >= 0.6 is 0 Å². The highest BCUT2D eigenvalue weighted by atomic mass is 16.1. The van der Waals surface area contributed by atoms with Crippen molar-refractivity contribution in [1.82, 2.24) is 15.5 Å². The van der Waals surface area contributed by atoms with Crippen LogP contribution in [-0.2, 0) is 4.79 Å². The second-order valence-electron chi connectivity index (χ2n) is 6.63. The first-order valence-electron chi connectivity index (χ1n) is 8.40. The summed E-state index contributed by atoms with van der Waals surface area (Å²) in [6.07, 6.45) is 6.91. The maximum absolute atomic E-state index is 11.9. The fourth-order valence-electron chi connectivity index (χ4n) is 3.54. The van der Waals surface area contributed by atoms with E-state index < -0.39 is 0 Å². The molecule has 1 amide bonds. The molecule has 0 spiro atoms. The lowest BCUT2D eigenvalue weighted by molar-refractivity contribution is -0.121. The highest BCUT2D eigenvalue weighted by molar-refractivity contribution is 5.75. The van der Waals surface area contributed by atoms with E-state index in [1.165, 1.54) is 32.2 Å². The molecule has 2 aliphatic rings. The molecule has 3 unspecified atom stereocenters. The molecule has 2 aliphatic heterocycles. The predicted molar refractivity (Wildman–Crippen MR) is 82.7 cm³/mol. The first-order chi connectivity index (χ1) is 9.66. The summed E-state index contributed by atoms with van der Waals surface area (Å²) in [4.78, 5) is 14.5. The number of amides is 1. The van der Waals surface area contributed by atoms with Gasteiger partial charge < -0.3 is 10.6 Å². The third-order valence-corrected chi connectivity index (χ3v) is 4.96. The summed E-state index contributed by atoms with van der Waals surface area (Å²) >= 11 is 0. The van der Waals surface area contributed by atoms with Crippen molar-refractivity contribution in [1.29, 1.82) is 0 Å². The van der Waals surface area contributed by atoms with Gasteiger partial charge in [-0.25, -0.2) is 0 Å². The summed E-state index contributed by atoms with van der Waals surface area (Å²) in [5.74, 6) is 0.939. The number of hydrogen-bond acceptors (Lipinski definition) is 3. The van der Waals surface area contributed by atoms with Crippen LogP contribution in [0.25, 0.3) is 0 Å². The first kappa shape index (κ1) is 15.8. The topological polar surface area (TPSA) is 44.4 Å². The number of hydrogen-bond donors (Lipinski definition) is 2. The largest absolute Gasteiger partial charge is 0.355 e. The van der Waals surface area contributed by atoms with E-state index in [4.69, 9.17) is 0 Å². The summed E-state index contributed by atoms with van der Waals surface area (Å²) in [6.45, 7) is 8.75. The molecule has 20 heavy (non-hydrogen) atoms. The zero-order valence-electron chi connectivity index (χ0n) is 13.2. The molecule has 2 fully saturated rings. The molecule has 0 aromatic heterocycles. The average Bonchev–Trinajstić information content (AvgIpc) is 2.96. The van der Waals surface area contributed by atoms with E-state index in [9.17, 15) is 4.79 Å². The number of rotatable bonds is 6. The van der Waals surface area contributed by atoms with Crippen LogP contribution in [0.4, 0.5) is 0 Å². The minimum absolute atomic E-state index is 0.230. The van der Waals surface area contributed by atoms with E-state index in [0.29, 0.717) is 24.4 Å². The normalized spacial score (nSPS) is 29.3. The summed E-state index contributed by atoms with van der Waals surface area (Å²) in [6, 6.07) is 1.13. The zero-order chi connectivity index (χ0) is 14.4. The van der Waals surface area contributed by atoms with E-state index in [2.05, 4.69) is 29.4 Å². The number of carbonyl (C=O) groups excluding carboxylic acids is 1. The van der Waals surface area contributed by atoms with Gasteiger partial charge in [0.05, 0.1) is 0 Å². The van der Waals surface area contributed by atoms with Crippen molar-refractivity contribution in [2.24, 2.45) is 5.92 Å². The van der Waals surface area contributed by atoms with Crippen molar-refractivity contribution in [3.63, 3.8) is 0 Å². The molecular formula is C16H31N3O. The summed E-state index contributed by atoms with van der Waals surface area (Å²) in [5.41, 5.74) is 0. The molecule has 0 bridgehead atoms. The lowest BCUT2D eigenvalue weighted by Gasteiger charge is -2.38. The van der Waals surface area contributed by atoms with Gasteiger partial charge >= 0.3 is 0 Å². The molecule has 2 N–H and O–H groups in total. The Morgan fingerprint density at radius 1 is 1.40 bits per heavy atom. The summed E-state index contributed by atoms with van der Waals surface area (Å²) in [5, 5.41) is 6.48. The van der Waals surface area contributed by atoms with Crippen LogP contribution in [0.3, 0.4) is 0 Å². The van der Waals surface area contributed by atoms with Crippen molar-refractivity contribution in [3.8, 4) is 0 Å². The molecule has 2 saturated heterocycles. The third kappa shape index (κ3) is 4.74. The van der Waals surface area contributed by atoms with Crippen LogP contribution in [0.5, 0.6) is 0 Å². The maximum Gasteiger partial charge on any atom is 0.220 e. The Morgan fingerprint density at radius 3 is 2.95 bits per heavy atom. The molecule has 116 valence electrons. The van der Waals surface area contributed by atoms with Crippen LogP contribution < -0.4 is 10.6 Å². The molecule has 0 saturated carbocycles. The van der Waals surface area contributed by atoms with Gasteiger partial charge in [-0.05, 0) is 65.1 Å². The van der Waals surface area contributed by atoms with Gasteiger partial charge in [-0.2, -0.15) is 0 Å². The Bertz CT molecular complexity index is 302. The van der Waals surface area contributed by atoms with Gasteiger partial charge in [0.1, 0.15) is 0 Å². The molecule has 0 radical (unpaired) electrons. The van der Waals surface area contributed by atoms with Gasteiger partial charge in [-0.15, -0.1) is 0 Å². The minimum Gasteiger partial charge on any atom is -0.355 e. The molecule has 4 heteroatoms. The van der Waals surface area contributed by atoms with Crippen LogP contribution in [0.2, 0.25) is 0 Å². The Kier molecular flexibility index (Phi) is 6.30. The van der Waals surface area contributed by atoms with E-state index in [-0.39, 0.29) is 5.91 Å². The lowest BCUT2D eigenvalue weighted by atomic mass is 10.0. The van der Waals surface area contributed by atoms with E-state index in [1.807, 2.05) is 0 Å². The molecule has 2 rings (SSSR count). The highest BCUT2D eigenvalue weighted by Crippen LogP contribution is 2.18. The fourth-order valence-corrected chi connectivity index (χ4v) is 3.54. The first-order valence-corrected chi connectivity index (χ1v) is 8.40. The minimum atomic E-state index is 0.230. The fraction of sp³-hybridized carbons (Fsp3) is 0.938. The van der Waals surface area contributed by atoms with E-state index in [1.54, 1.807) is 0 Å². The zero-order valence-corrected chi connectivity index (χ0v) is 13.2. The van der Waals surface area contributed by atoms with Crippen LogP contribution in [0, 0.1) is 5.92 Å². The standard InChI is InChI=1S/C16H31N3O/c1-13-5-3-4-10-19(13)14(2)11-18-16(20)7-6-15-8-9-17-12-15/h13-15,17H,3-12H2,1-2H3,(H,18,20). The van der Waals surface area contributed by atoms with Crippen LogP contribution in [0.15, 0.2) is 0 Å². The van der Waals surface area contributed by atoms with E-state index in [0.717, 1.165) is 26.1 Å². The van der Waals surface area contributed by atoms with Gasteiger partial charge in [-0.3, -0.25) is 9.69 Å². The molecule has 4 nitrogen and oxygen atoms in total. The smallest absolute Gasteiger partial charge is 0.220 e. The molecule has 0 aromatic rings. The van der Waals surface area contributed by atoms with Gasteiger partial charge in [0.2, 0.25) is 5.91 Å². The highest BCUT2D eigenvalue weighted by Gasteiger charge is 2.23. The molecular weight excluding hydrogens is 250 g/mol. The van der Waals surface area contributed by atoms with Gasteiger partial charge in [0, 0.05) is 25.0 Å². The van der Waals surface area contributed by atoms with Crippen molar-refractivity contribution >= 4 is 5.91 Å². The summed E-state index contributed by atoms with van der Waals surface area (Å²) in [7, 11) is 0. The van der Waals surface area contributed by atoms with Crippen molar-refractivity contribution in [3.05, 3.63) is 0 Å². The van der Waals surface area contributed by atoms with Crippen molar-refractivity contribution < 1.29 is 4.79 Å². The Hall–Kier alpha value is -0.610. The monoisotopic (exact) mass is 281 g/mol.